The Balaban J connectivity index is 2.54. The van der Waals surface area contributed by atoms with Gasteiger partial charge < -0.3 is 4.74 Å². The maximum atomic E-state index is 8.83. The number of benzene rings is 1. The highest BCUT2D eigenvalue weighted by Gasteiger charge is 2.05. The zero-order valence-corrected chi connectivity index (χ0v) is 8.71. The van der Waals surface area contributed by atoms with Crippen molar-refractivity contribution in [3.63, 3.8) is 0 Å². The molecule has 16 heavy (non-hydrogen) atoms. The molecule has 0 bridgehead atoms. The van der Waals surface area contributed by atoms with Crippen LogP contribution in [0.3, 0.4) is 0 Å². The van der Waals surface area contributed by atoms with Gasteiger partial charge in [0.05, 0.1) is 12.8 Å². The highest BCUT2D eigenvalue weighted by molar-refractivity contribution is 5.60. The first-order valence-electron chi connectivity index (χ1n) is 4.72. The molecule has 0 fully saturated rings. The summed E-state index contributed by atoms with van der Waals surface area (Å²) in [6.07, 6.45) is 0. The third-order valence-corrected chi connectivity index (χ3v) is 2.07. The number of nitriles is 1. The minimum Gasteiger partial charge on any atom is -0.467 e. The molecule has 0 aliphatic rings. The summed E-state index contributed by atoms with van der Waals surface area (Å²) in [5.41, 5.74) is 1.91. The van der Waals surface area contributed by atoms with Crippen molar-refractivity contribution in [2.75, 3.05) is 7.11 Å². The van der Waals surface area contributed by atoms with Gasteiger partial charge in [-0.1, -0.05) is 30.3 Å². The fourth-order valence-electron chi connectivity index (χ4n) is 1.33. The van der Waals surface area contributed by atoms with E-state index in [2.05, 4.69) is 9.97 Å². The van der Waals surface area contributed by atoms with Crippen molar-refractivity contribution in [2.24, 2.45) is 0 Å². The van der Waals surface area contributed by atoms with Crippen molar-refractivity contribution in [3.05, 3.63) is 42.1 Å². The normalized spacial score (nSPS) is 9.50. The van der Waals surface area contributed by atoms with Crippen molar-refractivity contribution in [3.8, 4) is 23.3 Å². The van der Waals surface area contributed by atoms with Crippen molar-refractivity contribution < 1.29 is 4.74 Å². The summed E-state index contributed by atoms with van der Waals surface area (Å²) in [6.45, 7) is 0. The van der Waals surface area contributed by atoms with Gasteiger partial charge in [-0.15, -0.1) is 0 Å². The van der Waals surface area contributed by atoms with E-state index >= 15 is 0 Å². The van der Waals surface area contributed by atoms with E-state index in [1.54, 1.807) is 6.07 Å². The molecule has 0 saturated heterocycles. The SMILES string of the molecule is COc1nc(C#N)cc(-c2ccccc2)n1. The van der Waals surface area contributed by atoms with Gasteiger partial charge in [-0.25, -0.2) is 0 Å². The largest absolute Gasteiger partial charge is 0.467 e. The molecule has 1 aromatic heterocycles. The Hall–Kier alpha value is -2.41. The second kappa shape index (κ2) is 4.41. The van der Waals surface area contributed by atoms with E-state index in [-0.39, 0.29) is 6.01 Å². The van der Waals surface area contributed by atoms with Crippen LogP contribution in [0.25, 0.3) is 11.3 Å². The Labute approximate surface area is 93.2 Å². The van der Waals surface area contributed by atoms with Crippen LogP contribution in [0.15, 0.2) is 36.4 Å². The van der Waals surface area contributed by atoms with Crippen molar-refractivity contribution in [2.45, 2.75) is 0 Å². The predicted octanol–water partition coefficient (Wildman–Crippen LogP) is 2.02. The molecule has 0 atom stereocenters. The molecule has 0 aliphatic heterocycles. The van der Waals surface area contributed by atoms with Crippen LogP contribution < -0.4 is 4.74 Å². The van der Waals surface area contributed by atoms with Gasteiger partial charge in [-0.2, -0.15) is 15.2 Å². The number of rotatable bonds is 2. The van der Waals surface area contributed by atoms with E-state index in [1.165, 1.54) is 7.11 Å². The fourth-order valence-corrected chi connectivity index (χ4v) is 1.33. The molecule has 0 N–H and O–H groups in total. The second-order valence-corrected chi connectivity index (χ2v) is 3.10. The molecule has 1 heterocycles. The molecule has 0 spiro atoms. The molecule has 0 unspecified atom stereocenters. The lowest BCUT2D eigenvalue weighted by Gasteiger charge is -2.03. The molecule has 0 amide bonds. The highest BCUT2D eigenvalue weighted by atomic mass is 16.5. The number of aromatic nitrogens is 2. The lowest BCUT2D eigenvalue weighted by atomic mass is 10.1. The molecular weight excluding hydrogens is 202 g/mol. The van der Waals surface area contributed by atoms with Crippen molar-refractivity contribution >= 4 is 0 Å². The van der Waals surface area contributed by atoms with Gasteiger partial charge in [0.2, 0.25) is 0 Å². The first kappa shape index (κ1) is 10.1. The maximum Gasteiger partial charge on any atom is 0.317 e. The number of hydrogen-bond acceptors (Lipinski definition) is 4. The van der Waals surface area contributed by atoms with Gasteiger partial charge in [0.15, 0.2) is 0 Å². The lowest BCUT2D eigenvalue weighted by Crippen LogP contribution is -1.96. The van der Waals surface area contributed by atoms with Crippen LogP contribution in [0.5, 0.6) is 6.01 Å². The average Bonchev–Trinajstić information content (AvgIpc) is 2.39. The summed E-state index contributed by atoms with van der Waals surface area (Å²) in [6, 6.07) is 13.4. The average molecular weight is 211 g/mol. The third-order valence-electron chi connectivity index (χ3n) is 2.07. The van der Waals surface area contributed by atoms with Crippen LogP contribution in [0.4, 0.5) is 0 Å². The quantitative estimate of drug-likeness (QED) is 0.762. The van der Waals surface area contributed by atoms with Crippen LogP contribution in [0.1, 0.15) is 5.69 Å². The van der Waals surface area contributed by atoms with E-state index < -0.39 is 0 Å². The summed E-state index contributed by atoms with van der Waals surface area (Å²) in [4.78, 5) is 8.09. The molecule has 0 aliphatic carbocycles. The first-order chi connectivity index (χ1) is 7.83. The molecule has 1 aromatic carbocycles. The molecule has 0 saturated carbocycles. The van der Waals surface area contributed by atoms with Gasteiger partial charge in [0.1, 0.15) is 11.8 Å². The van der Waals surface area contributed by atoms with Gasteiger partial charge in [-0.3, -0.25) is 0 Å². The Bertz CT molecular complexity index is 532. The van der Waals surface area contributed by atoms with Crippen LogP contribution >= 0.6 is 0 Å². The second-order valence-electron chi connectivity index (χ2n) is 3.10. The van der Waals surface area contributed by atoms with Crippen LogP contribution in [0.2, 0.25) is 0 Å². The molecule has 4 heteroatoms. The van der Waals surface area contributed by atoms with Crippen LogP contribution in [0, 0.1) is 11.3 Å². The van der Waals surface area contributed by atoms with Crippen LogP contribution in [-0.2, 0) is 0 Å². The van der Waals surface area contributed by atoms with Gasteiger partial charge in [0.25, 0.3) is 0 Å². The summed E-state index contributed by atoms with van der Waals surface area (Å²) >= 11 is 0. The topological polar surface area (TPSA) is 58.8 Å². The Morgan fingerprint density at radius 3 is 2.56 bits per heavy atom. The number of methoxy groups -OCH3 is 1. The van der Waals surface area contributed by atoms with Crippen molar-refractivity contribution in [1.82, 2.24) is 9.97 Å². The molecule has 4 nitrogen and oxygen atoms in total. The van der Waals surface area contributed by atoms with E-state index in [1.807, 2.05) is 36.4 Å². The summed E-state index contributed by atoms with van der Waals surface area (Å²) < 4.78 is 4.95. The molecule has 2 rings (SSSR count). The van der Waals surface area contributed by atoms with Gasteiger partial charge in [-0.05, 0) is 0 Å². The number of hydrogen-bond donors (Lipinski definition) is 0. The maximum absolute atomic E-state index is 8.83. The summed E-state index contributed by atoms with van der Waals surface area (Å²) in [7, 11) is 1.48. The van der Waals surface area contributed by atoms with E-state index in [4.69, 9.17) is 10.00 Å². The van der Waals surface area contributed by atoms with E-state index in [9.17, 15) is 0 Å². The number of nitrogens with zero attached hydrogens (tertiary/aromatic N) is 3. The first-order valence-corrected chi connectivity index (χ1v) is 4.72. The van der Waals surface area contributed by atoms with Gasteiger partial charge in [0, 0.05) is 11.6 Å². The Morgan fingerprint density at radius 1 is 1.19 bits per heavy atom. The fraction of sp³-hybridized carbons (Fsp3) is 0.0833. The smallest absolute Gasteiger partial charge is 0.317 e. The third kappa shape index (κ3) is 1.98. The highest BCUT2D eigenvalue weighted by Crippen LogP contribution is 2.19. The predicted molar refractivity (Wildman–Crippen MR) is 58.7 cm³/mol. The zero-order chi connectivity index (χ0) is 11.4. The molecule has 78 valence electrons. The minimum absolute atomic E-state index is 0.206. The molecule has 2 aromatic rings. The van der Waals surface area contributed by atoms with E-state index in [0.29, 0.717) is 11.4 Å². The van der Waals surface area contributed by atoms with Crippen molar-refractivity contribution in [1.29, 1.82) is 5.26 Å². The monoisotopic (exact) mass is 211 g/mol. The summed E-state index contributed by atoms with van der Waals surface area (Å²) in [5, 5.41) is 8.83. The van der Waals surface area contributed by atoms with Crippen LogP contribution in [-0.4, -0.2) is 17.1 Å². The van der Waals surface area contributed by atoms with Gasteiger partial charge >= 0.3 is 6.01 Å². The Morgan fingerprint density at radius 2 is 1.94 bits per heavy atom. The molecule has 0 radical (unpaired) electrons. The standard InChI is InChI=1S/C12H9N3O/c1-16-12-14-10(8-13)7-11(15-12)9-5-3-2-4-6-9/h2-7H,1H3. The Kier molecular flexibility index (Phi) is 2.79. The number of ether oxygens (including phenoxy) is 1. The molecular formula is C12H9N3O. The summed E-state index contributed by atoms with van der Waals surface area (Å²) in [5.74, 6) is 0. The lowest BCUT2D eigenvalue weighted by molar-refractivity contribution is 0.380. The zero-order valence-electron chi connectivity index (χ0n) is 8.71. The minimum atomic E-state index is 0.206. The van der Waals surface area contributed by atoms with E-state index in [0.717, 1.165) is 5.56 Å².